The monoisotopic (exact) mass is 364 g/mol. The molecule has 0 aliphatic rings. The Labute approximate surface area is 145 Å². The van der Waals surface area contributed by atoms with Gasteiger partial charge >= 0.3 is 6.18 Å². The second kappa shape index (κ2) is 6.36. The molecule has 3 rings (SSSR count). The molecule has 2 aromatic heterocycles. The third-order valence-electron chi connectivity index (χ3n) is 3.92. The van der Waals surface area contributed by atoms with Crippen molar-refractivity contribution >= 4 is 17.2 Å². The lowest BCUT2D eigenvalue weighted by Crippen LogP contribution is -2.14. The van der Waals surface area contributed by atoms with Crippen LogP contribution in [0, 0.1) is 12.9 Å². The lowest BCUT2D eigenvalue weighted by atomic mass is 10.00. The molecule has 4 nitrogen and oxygen atoms in total. The van der Waals surface area contributed by atoms with E-state index >= 15 is 0 Å². The SMILES string of the molecule is COc1c(C=O)c(C)nc2c(C(F)(F)F)c(F)nc(-c3ccccc3)c12. The number of fused-ring (bicyclic) bond motifs is 1. The van der Waals surface area contributed by atoms with E-state index in [0.29, 0.717) is 11.8 Å². The van der Waals surface area contributed by atoms with Crippen molar-refractivity contribution in [2.45, 2.75) is 13.1 Å². The van der Waals surface area contributed by atoms with Crippen LogP contribution in [-0.2, 0) is 6.18 Å². The summed E-state index contributed by atoms with van der Waals surface area (Å²) in [7, 11) is 1.21. The van der Waals surface area contributed by atoms with Crippen LogP contribution in [0.2, 0.25) is 0 Å². The smallest absolute Gasteiger partial charge is 0.422 e. The van der Waals surface area contributed by atoms with Gasteiger partial charge in [0.1, 0.15) is 11.3 Å². The van der Waals surface area contributed by atoms with Crippen molar-refractivity contribution in [3.8, 4) is 17.0 Å². The Kier molecular flexibility index (Phi) is 4.35. The number of halogens is 4. The Balaban J connectivity index is 2.60. The molecule has 0 aliphatic heterocycles. The largest absolute Gasteiger partial charge is 0.495 e. The van der Waals surface area contributed by atoms with Crippen LogP contribution in [0.4, 0.5) is 17.6 Å². The molecule has 0 saturated heterocycles. The zero-order chi connectivity index (χ0) is 19.1. The molecular formula is C18H12F4N2O2. The summed E-state index contributed by atoms with van der Waals surface area (Å²) in [6.07, 6.45) is -4.58. The van der Waals surface area contributed by atoms with Gasteiger partial charge in [-0.05, 0) is 6.92 Å². The van der Waals surface area contributed by atoms with Crippen LogP contribution in [0.1, 0.15) is 21.6 Å². The van der Waals surface area contributed by atoms with Crippen molar-refractivity contribution < 1.29 is 27.1 Å². The highest BCUT2D eigenvalue weighted by Crippen LogP contribution is 2.43. The number of nitrogens with zero attached hydrogens (tertiary/aromatic N) is 2. The van der Waals surface area contributed by atoms with Gasteiger partial charge in [-0.1, -0.05) is 30.3 Å². The lowest BCUT2D eigenvalue weighted by Gasteiger charge is -2.17. The molecular weight excluding hydrogens is 352 g/mol. The molecule has 0 atom stereocenters. The molecule has 2 heterocycles. The number of alkyl halides is 3. The Morgan fingerprint density at radius 1 is 1.12 bits per heavy atom. The van der Waals surface area contributed by atoms with E-state index in [0.717, 1.165) is 0 Å². The third-order valence-corrected chi connectivity index (χ3v) is 3.92. The van der Waals surface area contributed by atoms with Crippen LogP contribution in [0.3, 0.4) is 0 Å². The molecule has 134 valence electrons. The average molecular weight is 364 g/mol. The number of hydrogen-bond acceptors (Lipinski definition) is 4. The maximum atomic E-state index is 14.3. The van der Waals surface area contributed by atoms with Gasteiger partial charge in [0.25, 0.3) is 0 Å². The van der Waals surface area contributed by atoms with E-state index in [4.69, 9.17) is 4.74 Å². The van der Waals surface area contributed by atoms with Crippen LogP contribution in [0.25, 0.3) is 22.2 Å². The van der Waals surface area contributed by atoms with E-state index in [-0.39, 0.29) is 28.1 Å². The number of pyridine rings is 2. The lowest BCUT2D eigenvalue weighted by molar-refractivity contribution is -0.139. The minimum Gasteiger partial charge on any atom is -0.495 e. The normalized spacial score (nSPS) is 11.6. The van der Waals surface area contributed by atoms with Crippen LogP contribution >= 0.6 is 0 Å². The second-order valence-corrected chi connectivity index (χ2v) is 5.48. The van der Waals surface area contributed by atoms with Gasteiger partial charge in [0, 0.05) is 5.56 Å². The molecule has 1 aromatic carbocycles. The number of carbonyl (C=O) groups excluding carboxylic acids is 1. The maximum Gasteiger partial charge on any atom is 0.422 e. The van der Waals surface area contributed by atoms with Crippen molar-refractivity contribution in [3.63, 3.8) is 0 Å². The molecule has 0 bridgehead atoms. The fourth-order valence-corrected chi connectivity index (χ4v) is 2.81. The van der Waals surface area contributed by atoms with E-state index in [2.05, 4.69) is 9.97 Å². The van der Waals surface area contributed by atoms with E-state index in [1.807, 2.05) is 0 Å². The van der Waals surface area contributed by atoms with Crippen LogP contribution in [-0.4, -0.2) is 23.4 Å². The molecule has 0 N–H and O–H groups in total. The first kappa shape index (κ1) is 17.8. The summed E-state index contributed by atoms with van der Waals surface area (Å²) in [6.45, 7) is 1.35. The number of ether oxygens (including phenoxy) is 1. The van der Waals surface area contributed by atoms with Crippen LogP contribution in [0.5, 0.6) is 5.75 Å². The summed E-state index contributed by atoms with van der Waals surface area (Å²) >= 11 is 0. The summed E-state index contributed by atoms with van der Waals surface area (Å²) in [5.74, 6) is -1.81. The predicted molar refractivity (Wildman–Crippen MR) is 86.6 cm³/mol. The van der Waals surface area contributed by atoms with Crippen molar-refractivity contribution in [3.05, 3.63) is 53.1 Å². The number of aromatic nitrogens is 2. The molecule has 0 fully saturated rings. The van der Waals surface area contributed by atoms with Gasteiger partial charge in [-0.2, -0.15) is 17.6 Å². The minimum absolute atomic E-state index is 0.000498. The van der Waals surface area contributed by atoms with Gasteiger partial charge in [0.05, 0.1) is 35.0 Å². The van der Waals surface area contributed by atoms with Crippen molar-refractivity contribution in [1.29, 1.82) is 0 Å². The molecule has 0 radical (unpaired) electrons. The fraction of sp³-hybridized carbons (Fsp3) is 0.167. The highest BCUT2D eigenvalue weighted by molar-refractivity contribution is 6.03. The number of carbonyl (C=O) groups is 1. The Hall–Kier alpha value is -3.03. The number of aryl methyl sites for hydroxylation is 1. The number of rotatable bonds is 3. The molecule has 8 heteroatoms. The number of benzene rings is 1. The summed E-state index contributed by atoms with van der Waals surface area (Å²) in [5.41, 5.74) is -1.97. The molecule has 26 heavy (non-hydrogen) atoms. The standard InChI is InChI=1S/C18H12F4N2O2/c1-9-11(8-25)16(26-2)12-14(10-6-4-3-5-7-10)24-17(19)13(15(12)23-9)18(20,21)22/h3-8H,1-2H3. The average Bonchev–Trinajstić information content (AvgIpc) is 2.59. The molecule has 0 amide bonds. The summed E-state index contributed by atoms with van der Waals surface area (Å²) in [4.78, 5) is 18.8. The first-order valence-electron chi connectivity index (χ1n) is 7.45. The summed E-state index contributed by atoms with van der Waals surface area (Å²) in [5, 5.41) is -0.167. The highest BCUT2D eigenvalue weighted by atomic mass is 19.4. The first-order valence-corrected chi connectivity index (χ1v) is 7.45. The first-order chi connectivity index (χ1) is 12.3. The molecule has 0 aliphatic carbocycles. The highest BCUT2D eigenvalue weighted by Gasteiger charge is 2.40. The van der Waals surface area contributed by atoms with Crippen LogP contribution in [0.15, 0.2) is 30.3 Å². The molecule has 3 aromatic rings. The van der Waals surface area contributed by atoms with Crippen molar-refractivity contribution in [2.24, 2.45) is 0 Å². The summed E-state index contributed by atoms with van der Waals surface area (Å²) < 4.78 is 59.8. The summed E-state index contributed by atoms with van der Waals surface area (Å²) in [6, 6.07) is 8.09. The quantitative estimate of drug-likeness (QED) is 0.388. The van der Waals surface area contributed by atoms with Crippen molar-refractivity contribution in [2.75, 3.05) is 7.11 Å². The molecule has 0 spiro atoms. The van der Waals surface area contributed by atoms with E-state index in [9.17, 15) is 22.4 Å². The topological polar surface area (TPSA) is 52.1 Å². The zero-order valence-corrected chi connectivity index (χ0v) is 13.7. The Morgan fingerprint density at radius 3 is 2.31 bits per heavy atom. The maximum absolute atomic E-state index is 14.3. The molecule has 0 unspecified atom stereocenters. The fourth-order valence-electron chi connectivity index (χ4n) is 2.81. The zero-order valence-electron chi connectivity index (χ0n) is 13.7. The predicted octanol–water partition coefficient (Wildman–Crippen LogP) is 4.58. The number of aldehydes is 1. The van der Waals surface area contributed by atoms with Gasteiger partial charge in [-0.25, -0.2) is 4.98 Å². The minimum atomic E-state index is -5.02. The number of hydrogen-bond donors (Lipinski definition) is 0. The van der Waals surface area contributed by atoms with Crippen molar-refractivity contribution in [1.82, 2.24) is 9.97 Å². The Bertz CT molecular complexity index is 1000. The van der Waals surface area contributed by atoms with Gasteiger partial charge in [-0.3, -0.25) is 9.78 Å². The van der Waals surface area contributed by atoms with Gasteiger partial charge in [0.2, 0.25) is 5.95 Å². The van der Waals surface area contributed by atoms with Crippen LogP contribution < -0.4 is 4.74 Å². The molecule has 0 saturated carbocycles. The Morgan fingerprint density at radius 2 is 1.77 bits per heavy atom. The van der Waals surface area contributed by atoms with E-state index in [1.165, 1.54) is 14.0 Å². The van der Waals surface area contributed by atoms with E-state index < -0.39 is 23.2 Å². The number of methoxy groups -OCH3 is 1. The second-order valence-electron chi connectivity index (χ2n) is 5.48. The van der Waals surface area contributed by atoms with Gasteiger partial charge in [0.15, 0.2) is 6.29 Å². The third kappa shape index (κ3) is 2.77. The van der Waals surface area contributed by atoms with Gasteiger partial charge in [-0.15, -0.1) is 0 Å². The van der Waals surface area contributed by atoms with E-state index in [1.54, 1.807) is 30.3 Å². The van der Waals surface area contributed by atoms with Gasteiger partial charge < -0.3 is 4.74 Å².